The lowest BCUT2D eigenvalue weighted by atomic mass is 10.1. The van der Waals surface area contributed by atoms with Crippen LogP contribution in [0.15, 0.2) is 30.3 Å². The first-order valence-electron chi connectivity index (χ1n) is 9.02. The van der Waals surface area contributed by atoms with E-state index >= 15 is 0 Å². The summed E-state index contributed by atoms with van der Waals surface area (Å²) in [5, 5.41) is 2.92. The first kappa shape index (κ1) is 17.2. The molecule has 5 rings (SSSR count). The van der Waals surface area contributed by atoms with Crippen molar-refractivity contribution in [2.24, 2.45) is 0 Å². The minimum Gasteiger partial charge on any atom is -0.345 e. The maximum atomic E-state index is 6.29. The highest BCUT2D eigenvalue weighted by Crippen LogP contribution is 2.35. The van der Waals surface area contributed by atoms with Gasteiger partial charge in [-0.25, -0.2) is 9.97 Å². The van der Waals surface area contributed by atoms with Gasteiger partial charge in [0.1, 0.15) is 5.52 Å². The summed E-state index contributed by atoms with van der Waals surface area (Å²) < 4.78 is 2.42. The van der Waals surface area contributed by atoms with E-state index in [4.69, 9.17) is 21.6 Å². The first-order chi connectivity index (χ1) is 13.1. The maximum absolute atomic E-state index is 6.29. The van der Waals surface area contributed by atoms with Crippen LogP contribution in [0.1, 0.15) is 11.1 Å². The van der Waals surface area contributed by atoms with Gasteiger partial charge in [-0.2, -0.15) is 0 Å². The molecule has 1 saturated heterocycles. The summed E-state index contributed by atoms with van der Waals surface area (Å²) in [4.78, 5) is 14.5. The van der Waals surface area contributed by atoms with Crippen molar-refractivity contribution in [3.05, 3.63) is 46.5 Å². The summed E-state index contributed by atoms with van der Waals surface area (Å²) in [6.45, 7) is 8.13. The SMILES string of the molecule is Cc1ccc2sc(N3CCN(c4nc5c(Cl)cccc5s4)CC3)nc2c1C. The zero-order chi connectivity index (χ0) is 18.5. The molecular weight excluding hydrogens is 396 g/mol. The van der Waals surface area contributed by atoms with Crippen molar-refractivity contribution >= 4 is 65.0 Å². The van der Waals surface area contributed by atoms with Gasteiger partial charge in [-0.15, -0.1) is 0 Å². The number of benzene rings is 2. The van der Waals surface area contributed by atoms with Gasteiger partial charge in [-0.1, -0.05) is 46.4 Å². The van der Waals surface area contributed by atoms with E-state index in [1.807, 2.05) is 12.1 Å². The van der Waals surface area contributed by atoms with Crippen molar-refractivity contribution in [3.63, 3.8) is 0 Å². The summed E-state index contributed by atoms with van der Waals surface area (Å²) in [6, 6.07) is 10.4. The lowest BCUT2D eigenvalue weighted by molar-refractivity contribution is 0.651. The van der Waals surface area contributed by atoms with Crippen LogP contribution in [0.3, 0.4) is 0 Å². The zero-order valence-electron chi connectivity index (χ0n) is 15.2. The largest absolute Gasteiger partial charge is 0.345 e. The van der Waals surface area contributed by atoms with Crippen LogP contribution >= 0.6 is 34.3 Å². The number of aryl methyl sites for hydroxylation is 2. The molecule has 0 spiro atoms. The van der Waals surface area contributed by atoms with Crippen LogP contribution < -0.4 is 9.80 Å². The summed E-state index contributed by atoms with van der Waals surface area (Å²) >= 11 is 9.80. The van der Waals surface area contributed by atoms with Crippen LogP contribution in [-0.2, 0) is 0 Å². The molecule has 4 nitrogen and oxygen atoms in total. The van der Waals surface area contributed by atoms with E-state index in [9.17, 15) is 0 Å². The number of fused-ring (bicyclic) bond motifs is 2. The van der Waals surface area contributed by atoms with Crippen LogP contribution in [0.25, 0.3) is 20.4 Å². The van der Waals surface area contributed by atoms with Crippen molar-refractivity contribution in [1.29, 1.82) is 0 Å². The number of thiazole rings is 2. The minimum atomic E-state index is 0.730. The fourth-order valence-electron chi connectivity index (χ4n) is 3.48. The third kappa shape index (κ3) is 2.96. The van der Waals surface area contributed by atoms with Crippen molar-refractivity contribution < 1.29 is 0 Å². The molecule has 0 unspecified atom stereocenters. The van der Waals surface area contributed by atoms with Gasteiger partial charge in [-0.05, 0) is 43.2 Å². The Labute approximate surface area is 171 Å². The van der Waals surface area contributed by atoms with E-state index < -0.39 is 0 Å². The number of para-hydroxylation sites is 1. The lowest BCUT2D eigenvalue weighted by Crippen LogP contribution is -2.46. The van der Waals surface area contributed by atoms with E-state index in [0.717, 1.165) is 57.2 Å². The smallest absolute Gasteiger partial charge is 0.186 e. The zero-order valence-corrected chi connectivity index (χ0v) is 17.6. The molecule has 3 heterocycles. The summed E-state index contributed by atoms with van der Waals surface area (Å²) in [5.74, 6) is 0. The van der Waals surface area contributed by atoms with Gasteiger partial charge in [0.2, 0.25) is 0 Å². The Bertz CT molecular complexity index is 1140. The molecule has 1 fully saturated rings. The van der Waals surface area contributed by atoms with Crippen LogP contribution in [0.2, 0.25) is 5.02 Å². The molecule has 0 aliphatic carbocycles. The molecule has 2 aromatic carbocycles. The molecule has 0 amide bonds. The summed E-state index contributed by atoms with van der Waals surface area (Å²) in [6.07, 6.45) is 0. The van der Waals surface area contributed by atoms with Gasteiger partial charge in [0.25, 0.3) is 0 Å². The molecule has 27 heavy (non-hydrogen) atoms. The average molecular weight is 415 g/mol. The van der Waals surface area contributed by atoms with Crippen LogP contribution in [0.4, 0.5) is 10.3 Å². The molecular formula is C20H19ClN4S2. The normalized spacial score (nSPS) is 15.2. The maximum Gasteiger partial charge on any atom is 0.186 e. The molecule has 138 valence electrons. The minimum absolute atomic E-state index is 0.730. The highest BCUT2D eigenvalue weighted by Gasteiger charge is 2.22. The monoisotopic (exact) mass is 414 g/mol. The number of piperazine rings is 1. The summed E-state index contributed by atoms with van der Waals surface area (Å²) in [7, 11) is 0. The van der Waals surface area contributed by atoms with E-state index in [1.165, 1.54) is 15.8 Å². The number of aromatic nitrogens is 2. The predicted molar refractivity (Wildman–Crippen MR) is 118 cm³/mol. The third-order valence-electron chi connectivity index (χ3n) is 5.25. The molecule has 1 aliphatic rings. The van der Waals surface area contributed by atoms with Crippen molar-refractivity contribution in [2.75, 3.05) is 36.0 Å². The molecule has 0 N–H and O–H groups in total. The number of hydrogen-bond donors (Lipinski definition) is 0. The lowest BCUT2D eigenvalue weighted by Gasteiger charge is -2.34. The molecule has 0 saturated carbocycles. The van der Waals surface area contributed by atoms with E-state index in [-0.39, 0.29) is 0 Å². The summed E-state index contributed by atoms with van der Waals surface area (Å²) in [5.41, 5.74) is 4.66. The number of hydrogen-bond acceptors (Lipinski definition) is 6. The Morgan fingerprint density at radius 3 is 2.04 bits per heavy atom. The van der Waals surface area contributed by atoms with Gasteiger partial charge in [-0.3, -0.25) is 0 Å². The molecule has 1 aliphatic heterocycles. The molecule has 4 aromatic rings. The quantitative estimate of drug-likeness (QED) is 0.433. The van der Waals surface area contributed by atoms with E-state index in [0.29, 0.717) is 0 Å². The Hall–Kier alpha value is -1.89. The van der Waals surface area contributed by atoms with Gasteiger partial charge in [0.05, 0.1) is 19.9 Å². The van der Waals surface area contributed by atoms with Gasteiger partial charge >= 0.3 is 0 Å². The second-order valence-corrected chi connectivity index (χ2v) is 9.33. The molecule has 7 heteroatoms. The number of rotatable bonds is 2. The van der Waals surface area contributed by atoms with Crippen molar-refractivity contribution in [3.8, 4) is 0 Å². The molecule has 0 radical (unpaired) electrons. The second-order valence-electron chi connectivity index (χ2n) is 6.91. The Balaban J connectivity index is 1.36. The van der Waals surface area contributed by atoms with Gasteiger partial charge < -0.3 is 9.80 Å². The highest BCUT2D eigenvalue weighted by atomic mass is 35.5. The predicted octanol–water partition coefficient (Wildman–Crippen LogP) is 5.50. The molecule has 0 bridgehead atoms. The Morgan fingerprint density at radius 1 is 0.815 bits per heavy atom. The topological polar surface area (TPSA) is 32.3 Å². The molecule has 0 atom stereocenters. The van der Waals surface area contributed by atoms with Gasteiger partial charge in [0, 0.05) is 26.2 Å². The number of anilines is 2. The van der Waals surface area contributed by atoms with Gasteiger partial charge in [0.15, 0.2) is 10.3 Å². The van der Waals surface area contributed by atoms with E-state index in [2.05, 4.69) is 41.8 Å². The van der Waals surface area contributed by atoms with Crippen molar-refractivity contribution in [2.45, 2.75) is 13.8 Å². The number of halogens is 1. The van der Waals surface area contributed by atoms with Crippen LogP contribution in [-0.4, -0.2) is 36.1 Å². The van der Waals surface area contributed by atoms with E-state index in [1.54, 1.807) is 22.7 Å². The number of nitrogens with zero attached hydrogens (tertiary/aromatic N) is 4. The average Bonchev–Trinajstić information content (AvgIpc) is 3.30. The Morgan fingerprint density at radius 2 is 1.41 bits per heavy atom. The third-order valence-corrected chi connectivity index (χ3v) is 7.72. The van der Waals surface area contributed by atoms with Crippen molar-refractivity contribution in [1.82, 2.24) is 9.97 Å². The fraction of sp³-hybridized carbons (Fsp3) is 0.300. The highest BCUT2D eigenvalue weighted by molar-refractivity contribution is 7.22. The molecule has 2 aromatic heterocycles. The Kier molecular flexibility index (Phi) is 4.22. The standard InChI is InChI=1S/C20H19ClN4S2/c1-12-6-7-16-17(13(12)2)22-19(27-16)24-8-10-25(11-9-24)20-23-18-14(21)4-3-5-15(18)26-20/h3-7H,8-11H2,1-2H3. The fourth-order valence-corrected chi connectivity index (χ4v) is 5.87. The van der Waals surface area contributed by atoms with Crippen LogP contribution in [0, 0.1) is 13.8 Å². The van der Waals surface area contributed by atoms with Crippen LogP contribution in [0.5, 0.6) is 0 Å². The first-order valence-corrected chi connectivity index (χ1v) is 11.0. The second kappa shape index (κ2) is 6.62.